The molecule has 6 nitrogen and oxygen atoms in total. The van der Waals surface area contributed by atoms with Crippen molar-refractivity contribution in [2.75, 3.05) is 46.5 Å². The molecule has 0 radical (unpaired) electrons. The van der Waals surface area contributed by atoms with E-state index in [9.17, 15) is 4.79 Å². The van der Waals surface area contributed by atoms with Crippen molar-refractivity contribution >= 4 is 16.8 Å². The second-order valence-corrected chi connectivity index (χ2v) is 12.2. The highest BCUT2D eigenvalue weighted by atomic mass is 16.5. The van der Waals surface area contributed by atoms with E-state index in [1.165, 1.54) is 50.0 Å². The van der Waals surface area contributed by atoms with Gasteiger partial charge in [0, 0.05) is 30.6 Å². The number of rotatable bonds is 11. The van der Waals surface area contributed by atoms with Gasteiger partial charge in [0.1, 0.15) is 5.75 Å². The molecule has 43 heavy (non-hydrogen) atoms. The summed E-state index contributed by atoms with van der Waals surface area (Å²) >= 11 is 0. The monoisotopic (exact) mass is 579 g/mol. The number of methoxy groups -OCH3 is 1. The maximum Gasteiger partial charge on any atom is 0.254 e. The van der Waals surface area contributed by atoms with E-state index in [0.29, 0.717) is 26.3 Å². The van der Waals surface area contributed by atoms with E-state index in [-0.39, 0.29) is 5.91 Å². The summed E-state index contributed by atoms with van der Waals surface area (Å²) in [5.41, 5.74) is 11.4. The van der Waals surface area contributed by atoms with Gasteiger partial charge in [0.05, 0.1) is 31.5 Å². The molecule has 0 aliphatic carbocycles. The normalized spacial score (nSPS) is 14.8. The number of nitrogens with zero attached hydrogens (tertiary/aromatic N) is 2. The molecule has 3 heterocycles. The van der Waals surface area contributed by atoms with E-state index >= 15 is 0 Å². The van der Waals surface area contributed by atoms with Gasteiger partial charge in [0.25, 0.3) is 5.91 Å². The van der Waals surface area contributed by atoms with Gasteiger partial charge in [0.2, 0.25) is 0 Å². The van der Waals surface area contributed by atoms with Gasteiger partial charge < -0.3 is 24.3 Å². The van der Waals surface area contributed by atoms with Crippen LogP contribution in [0.25, 0.3) is 22.2 Å². The number of nitrogens with one attached hydrogen (secondary N) is 1. The largest absolute Gasteiger partial charge is 0.497 e. The molecule has 1 fully saturated rings. The quantitative estimate of drug-likeness (QED) is 0.206. The van der Waals surface area contributed by atoms with Crippen LogP contribution in [-0.2, 0) is 30.5 Å². The molecule has 1 N–H and O–H groups in total. The van der Waals surface area contributed by atoms with Gasteiger partial charge in [-0.05, 0) is 124 Å². The van der Waals surface area contributed by atoms with E-state index < -0.39 is 0 Å². The van der Waals surface area contributed by atoms with E-state index in [2.05, 4.69) is 66.2 Å². The van der Waals surface area contributed by atoms with Crippen molar-refractivity contribution in [1.82, 2.24) is 14.8 Å². The molecule has 226 valence electrons. The van der Waals surface area contributed by atoms with Crippen molar-refractivity contribution < 1.29 is 14.3 Å². The lowest BCUT2D eigenvalue weighted by Crippen LogP contribution is -2.40. The van der Waals surface area contributed by atoms with E-state index in [4.69, 9.17) is 9.47 Å². The molecule has 0 unspecified atom stereocenters. The topological polar surface area (TPSA) is 55.7 Å². The minimum absolute atomic E-state index is 0.133. The summed E-state index contributed by atoms with van der Waals surface area (Å²) in [6.07, 6.45) is 6.42. The van der Waals surface area contributed by atoms with Crippen LogP contribution in [0.5, 0.6) is 5.75 Å². The highest BCUT2D eigenvalue weighted by molar-refractivity contribution is 6.02. The molecule has 0 spiro atoms. The van der Waals surface area contributed by atoms with Gasteiger partial charge in [-0.15, -0.1) is 0 Å². The van der Waals surface area contributed by atoms with E-state index in [0.717, 1.165) is 69.5 Å². The molecule has 1 amide bonds. The number of aromatic nitrogens is 1. The van der Waals surface area contributed by atoms with Crippen molar-refractivity contribution in [3.8, 4) is 17.0 Å². The molecule has 2 aliphatic rings. The van der Waals surface area contributed by atoms with Crippen molar-refractivity contribution in [2.24, 2.45) is 0 Å². The highest BCUT2D eigenvalue weighted by Gasteiger charge is 2.27. The Hall–Kier alpha value is -3.61. The van der Waals surface area contributed by atoms with Gasteiger partial charge in [-0.25, -0.2) is 0 Å². The second kappa shape index (κ2) is 13.4. The Morgan fingerprint density at radius 3 is 2.42 bits per heavy atom. The maximum absolute atomic E-state index is 13.6. The Morgan fingerprint density at radius 2 is 1.67 bits per heavy atom. The Labute approximate surface area is 256 Å². The van der Waals surface area contributed by atoms with Gasteiger partial charge in [-0.3, -0.25) is 4.79 Å². The van der Waals surface area contributed by atoms with Gasteiger partial charge >= 0.3 is 0 Å². The number of carbonyl (C=O) groups is 1. The third-order valence-corrected chi connectivity index (χ3v) is 8.99. The molecule has 1 aromatic heterocycles. The lowest BCUT2D eigenvalue weighted by atomic mass is 9.96. The number of ether oxygens (including phenoxy) is 2. The van der Waals surface area contributed by atoms with Crippen LogP contribution >= 0.6 is 0 Å². The molecular weight excluding hydrogens is 534 g/mol. The number of benzene rings is 3. The lowest BCUT2D eigenvalue weighted by Gasteiger charge is -2.27. The summed E-state index contributed by atoms with van der Waals surface area (Å²) in [5, 5.41) is 4.99. The fraction of sp³-hybridized carbons (Fsp3) is 0.432. The van der Waals surface area contributed by atoms with Crippen LogP contribution in [0.2, 0.25) is 0 Å². The molecule has 6 rings (SSSR count). The third kappa shape index (κ3) is 6.51. The summed E-state index contributed by atoms with van der Waals surface area (Å²) < 4.78 is 13.3. The Morgan fingerprint density at radius 1 is 0.907 bits per heavy atom. The fourth-order valence-corrected chi connectivity index (χ4v) is 6.96. The second-order valence-electron chi connectivity index (χ2n) is 12.2. The summed E-state index contributed by atoms with van der Waals surface area (Å²) in [6, 6.07) is 19.7. The van der Waals surface area contributed by atoms with Crippen LogP contribution in [0.4, 0.5) is 0 Å². The van der Waals surface area contributed by atoms with Crippen LogP contribution in [0.1, 0.15) is 57.4 Å². The van der Waals surface area contributed by atoms with Crippen molar-refractivity contribution in [1.29, 1.82) is 0 Å². The van der Waals surface area contributed by atoms with Gasteiger partial charge in [-0.1, -0.05) is 29.3 Å². The Kier molecular flexibility index (Phi) is 9.15. The van der Waals surface area contributed by atoms with E-state index in [1.807, 2.05) is 17.0 Å². The number of hydrogen-bond acceptors (Lipinski definition) is 4. The zero-order valence-corrected chi connectivity index (χ0v) is 26.0. The minimum atomic E-state index is 0.133. The molecule has 6 heteroatoms. The Bertz CT molecular complexity index is 1560. The highest BCUT2D eigenvalue weighted by Crippen LogP contribution is 2.40. The molecule has 4 aromatic rings. The minimum Gasteiger partial charge on any atom is -0.497 e. The van der Waals surface area contributed by atoms with Crippen LogP contribution in [-0.4, -0.2) is 61.9 Å². The van der Waals surface area contributed by atoms with Crippen molar-refractivity contribution in [3.05, 3.63) is 88.0 Å². The number of morpholine rings is 1. The van der Waals surface area contributed by atoms with Gasteiger partial charge in [0.15, 0.2) is 0 Å². The van der Waals surface area contributed by atoms with Crippen LogP contribution in [0, 0.1) is 13.8 Å². The number of amides is 1. The van der Waals surface area contributed by atoms with Crippen LogP contribution in [0.15, 0.2) is 54.6 Å². The molecular formula is C37H45N3O3. The molecule has 2 aliphatic heterocycles. The maximum atomic E-state index is 13.6. The first-order chi connectivity index (χ1) is 21.0. The van der Waals surface area contributed by atoms with Gasteiger partial charge in [-0.2, -0.15) is 0 Å². The van der Waals surface area contributed by atoms with Crippen molar-refractivity contribution in [2.45, 2.75) is 58.9 Å². The SMILES string of the molecule is COc1ccc(CCCCNCCc2c(-c3cc(C)cc(C)c3)n3c4c(cc(C(=O)N5CCOCC5)cc24)CCC3)cc1. The number of carbonyl (C=O) groups excluding carboxylic acids is 1. The average Bonchev–Trinajstić information content (AvgIpc) is 3.34. The smallest absolute Gasteiger partial charge is 0.254 e. The standard InChI is InChI=1S/C37H45N3O3/c1-26-21-27(2)23-30(22-26)36-33(13-15-38-14-5-4-7-28-9-11-32(42-3)12-10-28)34-25-31(37(41)39-17-19-43-20-18-39)24-29-8-6-16-40(36)35(29)34/h9-12,21-25,38H,4-8,13-20H2,1-3H3. The fourth-order valence-electron chi connectivity index (χ4n) is 6.96. The molecule has 3 aromatic carbocycles. The molecule has 0 atom stereocenters. The summed E-state index contributed by atoms with van der Waals surface area (Å²) in [5.74, 6) is 1.04. The zero-order chi connectivity index (χ0) is 29.8. The molecule has 1 saturated heterocycles. The zero-order valence-electron chi connectivity index (χ0n) is 26.0. The third-order valence-electron chi connectivity index (χ3n) is 8.99. The number of unbranched alkanes of at least 4 members (excludes halogenated alkanes) is 1. The number of aryl methyl sites for hydroxylation is 5. The first kappa shape index (κ1) is 29.5. The molecule has 0 saturated carbocycles. The van der Waals surface area contributed by atoms with Crippen molar-refractivity contribution in [3.63, 3.8) is 0 Å². The van der Waals surface area contributed by atoms with E-state index in [1.54, 1.807) is 7.11 Å². The predicted molar refractivity (Wildman–Crippen MR) is 174 cm³/mol. The van der Waals surface area contributed by atoms with Crippen LogP contribution in [0.3, 0.4) is 0 Å². The summed E-state index contributed by atoms with van der Waals surface area (Å²) in [7, 11) is 1.71. The summed E-state index contributed by atoms with van der Waals surface area (Å²) in [4.78, 5) is 15.6. The van der Waals surface area contributed by atoms with Crippen LogP contribution < -0.4 is 10.1 Å². The lowest BCUT2D eigenvalue weighted by molar-refractivity contribution is 0.0303. The first-order valence-electron chi connectivity index (χ1n) is 16.0. The number of hydrogen-bond donors (Lipinski definition) is 1. The molecule has 0 bridgehead atoms. The Balaban J connectivity index is 1.24. The predicted octanol–water partition coefficient (Wildman–Crippen LogP) is 6.51. The first-order valence-corrected chi connectivity index (χ1v) is 16.0. The average molecular weight is 580 g/mol. The summed E-state index contributed by atoms with van der Waals surface area (Å²) in [6.45, 7) is 9.86.